The van der Waals surface area contributed by atoms with Crippen LogP contribution in [-0.2, 0) is 20.7 Å². The molecule has 44 heavy (non-hydrogen) atoms. The Bertz CT molecular complexity index is 1630. The highest BCUT2D eigenvalue weighted by molar-refractivity contribution is 6.07. The number of hydrogen-bond acceptors (Lipinski definition) is 7. The summed E-state index contributed by atoms with van der Waals surface area (Å²) in [6, 6.07) is 32.0. The minimum atomic E-state index is -1.49. The lowest BCUT2D eigenvalue weighted by Crippen LogP contribution is -2.70. The third-order valence-corrected chi connectivity index (χ3v) is 8.96. The fraction of sp³-hybridized carbons (Fsp3) is 0.257. The molecule has 4 aromatic carbocycles. The number of carbonyl (C=O) groups is 2. The highest BCUT2D eigenvalue weighted by Crippen LogP contribution is 2.50. The van der Waals surface area contributed by atoms with Gasteiger partial charge in [0.1, 0.15) is 11.3 Å². The van der Waals surface area contributed by atoms with Crippen LogP contribution in [0.15, 0.2) is 115 Å². The summed E-state index contributed by atoms with van der Waals surface area (Å²) in [6.07, 6.45) is 0.153. The van der Waals surface area contributed by atoms with Gasteiger partial charge in [0.15, 0.2) is 0 Å². The standard InChI is InChI=1S/C35H33N3O6/c1-43-27-20-18-26(19-21-27)37-31(28(33(37)39)24-14-8-4-9-15-24)30-32(38(41)42)29(25-16-10-5-11-17-25)35(36-30,34(40)44-2)22-23-12-6-3-7-13-23/h3-21,28-32,36H,22H2,1-2H3/t28-,29+,30+,31-,32+,35+/m0/s1. The summed E-state index contributed by atoms with van der Waals surface area (Å²) in [5.41, 5.74) is 1.32. The lowest BCUT2D eigenvalue weighted by Gasteiger charge is -2.50. The van der Waals surface area contributed by atoms with Crippen LogP contribution in [0.25, 0.3) is 0 Å². The van der Waals surface area contributed by atoms with E-state index < -0.39 is 41.5 Å². The lowest BCUT2D eigenvalue weighted by atomic mass is 9.71. The van der Waals surface area contributed by atoms with Crippen molar-refractivity contribution in [1.82, 2.24) is 5.32 Å². The average Bonchev–Trinajstić information content (AvgIpc) is 3.40. The molecule has 6 rings (SSSR count). The van der Waals surface area contributed by atoms with Gasteiger partial charge in [-0.25, -0.2) is 0 Å². The maximum absolute atomic E-state index is 14.0. The number of esters is 1. The highest BCUT2D eigenvalue weighted by Gasteiger charge is 2.69. The van der Waals surface area contributed by atoms with Crippen LogP contribution in [-0.4, -0.2) is 54.7 Å². The van der Waals surface area contributed by atoms with Crippen LogP contribution in [0.1, 0.15) is 28.5 Å². The summed E-state index contributed by atoms with van der Waals surface area (Å²) in [6.45, 7) is 0. The maximum Gasteiger partial charge on any atom is 0.327 e. The van der Waals surface area contributed by atoms with Crippen LogP contribution in [0.2, 0.25) is 0 Å². The van der Waals surface area contributed by atoms with E-state index in [-0.39, 0.29) is 17.3 Å². The predicted molar refractivity (Wildman–Crippen MR) is 165 cm³/mol. The Labute approximate surface area is 255 Å². The Morgan fingerprint density at radius 3 is 1.98 bits per heavy atom. The number of anilines is 1. The van der Waals surface area contributed by atoms with Crippen molar-refractivity contribution < 1.29 is 24.0 Å². The van der Waals surface area contributed by atoms with Gasteiger partial charge in [-0.2, -0.15) is 0 Å². The topological polar surface area (TPSA) is 111 Å². The molecular formula is C35H33N3O6. The fourth-order valence-electron chi connectivity index (χ4n) is 7.09. The predicted octanol–water partition coefficient (Wildman–Crippen LogP) is 4.75. The van der Waals surface area contributed by atoms with Gasteiger partial charge < -0.3 is 14.4 Å². The van der Waals surface area contributed by atoms with E-state index in [0.29, 0.717) is 17.0 Å². The fourth-order valence-corrected chi connectivity index (χ4v) is 7.09. The largest absolute Gasteiger partial charge is 0.497 e. The van der Waals surface area contributed by atoms with Crippen molar-refractivity contribution in [2.24, 2.45) is 0 Å². The average molecular weight is 592 g/mol. The molecule has 2 heterocycles. The van der Waals surface area contributed by atoms with Crippen molar-refractivity contribution in [1.29, 1.82) is 0 Å². The number of methoxy groups -OCH3 is 2. The number of nitro groups is 1. The van der Waals surface area contributed by atoms with E-state index in [9.17, 15) is 19.7 Å². The number of carbonyl (C=O) groups excluding carboxylic acids is 2. The molecule has 0 spiro atoms. The summed E-state index contributed by atoms with van der Waals surface area (Å²) in [5, 5.41) is 16.7. The van der Waals surface area contributed by atoms with Gasteiger partial charge in [-0.1, -0.05) is 91.0 Å². The molecular weight excluding hydrogens is 558 g/mol. The summed E-state index contributed by atoms with van der Waals surface area (Å²) in [5.74, 6) is -1.72. The van der Waals surface area contributed by atoms with E-state index in [4.69, 9.17) is 9.47 Å². The Hall–Kier alpha value is -5.02. The Morgan fingerprint density at radius 1 is 0.864 bits per heavy atom. The van der Waals surface area contributed by atoms with Gasteiger partial charge in [0, 0.05) is 17.0 Å². The molecule has 1 N–H and O–H groups in total. The molecule has 9 nitrogen and oxygen atoms in total. The number of β-lactam (4-membered cyclic amide) rings is 1. The van der Waals surface area contributed by atoms with Crippen molar-refractivity contribution in [3.8, 4) is 5.75 Å². The molecule has 0 aliphatic carbocycles. The summed E-state index contributed by atoms with van der Waals surface area (Å²) >= 11 is 0. The molecule has 0 bridgehead atoms. The van der Waals surface area contributed by atoms with Gasteiger partial charge in [-0.05, 0) is 41.0 Å². The van der Waals surface area contributed by atoms with Crippen molar-refractivity contribution in [3.05, 3.63) is 142 Å². The number of nitrogens with one attached hydrogen (secondary N) is 1. The third kappa shape index (κ3) is 4.89. The third-order valence-electron chi connectivity index (χ3n) is 8.96. The van der Waals surface area contributed by atoms with Gasteiger partial charge in [-0.15, -0.1) is 0 Å². The molecule has 0 aromatic heterocycles. The van der Waals surface area contributed by atoms with Crippen molar-refractivity contribution in [3.63, 3.8) is 0 Å². The molecule has 2 saturated heterocycles. The zero-order valence-electron chi connectivity index (χ0n) is 24.4. The van der Waals surface area contributed by atoms with Gasteiger partial charge in [-0.3, -0.25) is 25.0 Å². The van der Waals surface area contributed by atoms with Crippen molar-refractivity contribution in [2.75, 3.05) is 19.1 Å². The quantitative estimate of drug-likeness (QED) is 0.129. The smallest absolute Gasteiger partial charge is 0.327 e. The molecule has 224 valence electrons. The van der Waals surface area contributed by atoms with Crippen LogP contribution >= 0.6 is 0 Å². The van der Waals surface area contributed by atoms with Crippen molar-refractivity contribution >= 4 is 17.6 Å². The van der Waals surface area contributed by atoms with E-state index >= 15 is 0 Å². The van der Waals surface area contributed by atoms with E-state index in [2.05, 4.69) is 5.32 Å². The lowest BCUT2D eigenvalue weighted by molar-refractivity contribution is -0.527. The zero-order valence-corrected chi connectivity index (χ0v) is 24.4. The van der Waals surface area contributed by atoms with E-state index in [1.54, 1.807) is 36.3 Å². The number of rotatable bonds is 9. The number of nitrogens with zero attached hydrogens (tertiary/aromatic N) is 2. The summed E-state index contributed by atoms with van der Waals surface area (Å²) in [4.78, 5) is 42.5. The Balaban J connectivity index is 1.54. The Morgan fingerprint density at radius 2 is 1.43 bits per heavy atom. The zero-order chi connectivity index (χ0) is 30.8. The van der Waals surface area contributed by atoms with Gasteiger partial charge >= 0.3 is 5.97 Å². The normalized spacial score (nSPS) is 26.1. The number of hydrogen-bond donors (Lipinski definition) is 1. The van der Waals surface area contributed by atoms with Crippen LogP contribution < -0.4 is 15.0 Å². The van der Waals surface area contributed by atoms with E-state index in [1.165, 1.54) is 7.11 Å². The molecule has 0 radical (unpaired) electrons. The first-order chi connectivity index (χ1) is 21.4. The van der Waals surface area contributed by atoms with Crippen molar-refractivity contribution in [2.45, 2.75) is 41.9 Å². The Kier molecular flexibility index (Phi) is 7.88. The minimum absolute atomic E-state index is 0.153. The maximum atomic E-state index is 14.0. The van der Waals surface area contributed by atoms with Gasteiger partial charge in [0.05, 0.1) is 38.1 Å². The molecule has 0 unspecified atom stereocenters. The van der Waals surface area contributed by atoms with Crippen LogP contribution in [0, 0.1) is 10.1 Å². The molecule has 2 aliphatic rings. The molecule has 0 saturated carbocycles. The van der Waals surface area contributed by atoms with Gasteiger partial charge in [0.2, 0.25) is 11.9 Å². The molecule has 4 aromatic rings. The number of amides is 1. The summed E-state index contributed by atoms with van der Waals surface area (Å²) < 4.78 is 10.7. The SMILES string of the molecule is COC(=O)[C@]1(Cc2ccccc2)N[C@H]([C@@H]2[C@H](c3ccccc3)C(=O)N2c2ccc(OC)cc2)[C@H]([N+](=O)[O-])[C@H]1c1ccccc1. The second-order valence-electron chi connectivity index (χ2n) is 11.2. The highest BCUT2D eigenvalue weighted by atomic mass is 16.6. The molecule has 6 atom stereocenters. The first-order valence-corrected chi connectivity index (χ1v) is 14.5. The molecule has 1 amide bonds. The van der Waals surface area contributed by atoms with E-state index in [0.717, 1.165) is 11.1 Å². The first-order valence-electron chi connectivity index (χ1n) is 14.5. The number of ether oxygens (including phenoxy) is 2. The van der Waals surface area contributed by atoms with E-state index in [1.807, 2.05) is 91.0 Å². The molecule has 9 heteroatoms. The van der Waals surface area contributed by atoms with Crippen LogP contribution in [0.4, 0.5) is 5.69 Å². The summed E-state index contributed by atoms with van der Waals surface area (Å²) in [7, 11) is 2.86. The minimum Gasteiger partial charge on any atom is -0.497 e. The second kappa shape index (κ2) is 11.9. The monoisotopic (exact) mass is 591 g/mol. The molecule has 2 fully saturated rings. The molecule has 2 aliphatic heterocycles. The van der Waals surface area contributed by atoms with Crippen LogP contribution in [0.3, 0.4) is 0 Å². The second-order valence-corrected chi connectivity index (χ2v) is 11.2. The van der Waals surface area contributed by atoms with Gasteiger partial charge in [0.25, 0.3) is 0 Å². The number of benzene rings is 4. The van der Waals surface area contributed by atoms with Crippen LogP contribution in [0.5, 0.6) is 5.75 Å². The first kappa shape index (κ1) is 29.1.